The van der Waals surface area contributed by atoms with Crippen molar-refractivity contribution in [3.63, 3.8) is 0 Å². The number of hydrogen-bond donors (Lipinski definition) is 2. The third-order valence-electron chi connectivity index (χ3n) is 6.55. The van der Waals surface area contributed by atoms with Crippen LogP contribution in [0, 0.1) is 16.7 Å². The smallest absolute Gasteiger partial charge is 0.0898 e. The minimum absolute atomic E-state index is 0.234. The van der Waals surface area contributed by atoms with Crippen LogP contribution in [0.3, 0.4) is 0 Å². The van der Waals surface area contributed by atoms with Crippen molar-refractivity contribution in [2.24, 2.45) is 16.7 Å². The van der Waals surface area contributed by atoms with Gasteiger partial charge in [-0.1, -0.05) is 51.1 Å². The van der Waals surface area contributed by atoms with Crippen molar-refractivity contribution >= 4 is 0 Å². The van der Waals surface area contributed by atoms with Crippen molar-refractivity contribution in [1.82, 2.24) is 5.32 Å². The maximum atomic E-state index is 10.3. The largest absolute Gasteiger partial charge is 0.389 e. The van der Waals surface area contributed by atoms with Crippen LogP contribution < -0.4 is 5.32 Å². The monoisotopic (exact) mass is 331 g/mol. The van der Waals surface area contributed by atoms with E-state index < -0.39 is 6.10 Å². The number of hydrogen-bond acceptors (Lipinski definition) is 3. The van der Waals surface area contributed by atoms with Crippen LogP contribution in [0.4, 0.5) is 0 Å². The molecule has 0 aromatic heterocycles. The van der Waals surface area contributed by atoms with Crippen LogP contribution in [0.1, 0.15) is 58.6 Å². The summed E-state index contributed by atoms with van der Waals surface area (Å²) in [6, 6.07) is 10.6. The summed E-state index contributed by atoms with van der Waals surface area (Å²) in [6.07, 6.45) is 3.69. The molecule has 0 heterocycles. The van der Waals surface area contributed by atoms with Crippen molar-refractivity contribution < 1.29 is 9.84 Å². The zero-order chi connectivity index (χ0) is 17.4. The summed E-state index contributed by atoms with van der Waals surface area (Å²) in [4.78, 5) is 0. The molecule has 0 radical (unpaired) electrons. The molecule has 3 rings (SSSR count). The quantitative estimate of drug-likeness (QED) is 0.795. The molecule has 3 heteroatoms. The molecule has 0 unspecified atom stereocenters. The van der Waals surface area contributed by atoms with Crippen LogP contribution in [-0.4, -0.2) is 30.5 Å². The van der Waals surface area contributed by atoms with Crippen LogP contribution in [0.25, 0.3) is 0 Å². The molecule has 2 saturated carbocycles. The van der Waals surface area contributed by atoms with Crippen molar-refractivity contribution in [2.45, 2.75) is 65.2 Å². The van der Waals surface area contributed by atoms with Crippen LogP contribution in [0.5, 0.6) is 0 Å². The summed E-state index contributed by atoms with van der Waals surface area (Å²) in [7, 11) is 0. The summed E-state index contributed by atoms with van der Waals surface area (Å²) in [5.41, 5.74) is 1.78. The lowest BCUT2D eigenvalue weighted by Gasteiger charge is -2.42. The van der Waals surface area contributed by atoms with Gasteiger partial charge in [0.05, 0.1) is 18.8 Å². The molecule has 134 valence electrons. The molecular formula is C21H33NO2. The molecule has 24 heavy (non-hydrogen) atoms. The van der Waals surface area contributed by atoms with E-state index >= 15 is 0 Å². The lowest BCUT2D eigenvalue weighted by molar-refractivity contribution is -0.110. The lowest BCUT2D eigenvalue weighted by Crippen LogP contribution is -2.44. The first kappa shape index (κ1) is 17.9. The summed E-state index contributed by atoms with van der Waals surface area (Å²) in [6.45, 7) is 10.2. The Morgan fingerprint density at radius 2 is 1.96 bits per heavy atom. The van der Waals surface area contributed by atoms with Gasteiger partial charge in [-0.3, -0.25) is 0 Å². The Hall–Kier alpha value is -0.900. The van der Waals surface area contributed by atoms with Gasteiger partial charge >= 0.3 is 0 Å². The molecule has 2 fully saturated rings. The molecule has 5 atom stereocenters. The van der Waals surface area contributed by atoms with Crippen LogP contribution in [-0.2, 0) is 4.74 Å². The highest BCUT2D eigenvalue weighted by molar-refractivity contribution is 5.18. The molecule has 1 aromatic carbocycles. The van der Waals surface area contributed by atoms with Gasteiger partial charge in [-0.2, -0.15) is 0 Å². The molecule has 0 amide bonds. The van der Waals surface area contributed by atoms with E-state index in [1.165, 1.54) is 24.8 Å². The van der Waals surface area contributed by atoms with Crippen LogP contribution in [0.2, 0.25) is 0 Å². The Kier molecular flexibility index (Phi) is 5.06. The number of aliphatic hydroxyl groups excluding tert-OH is 1. The molecule has 2 bridgehead atoms. The highest BCUT2D eigenvalue weighted by atomic mass is 16.5. The number of aliphatic hydroxyl groups is 1. The van der Waals surface area contributed by atoms with E-state index in [4.69, 9.17) is 4.74 Å². The van der Waals surface area contributed by atoms with E-state index in [2.05, 4.69) is 45.1 Å². The van der Waals surface area contributed by atoms with Crippen LogP contribution in [0.15, 0.2) is 30.3 Å². The van der Waals surface area contributed by atoms with Gasteiger partial charge in [0, 0.05) is 12.6 Å². The van der Waals surface area contributed by atoms with E-state index in [-0.39, 0.29) is 17.6 Å². The van der Waals surface area contributed by atoms with Crippen LogP contribution >= 0.6 is 0 Å². The molecular weight excluding hydrogens is 298 g/mol. The lowest BCUT2D eigenvalue weighted by atomic mass is 9.70. The van der Waals surface area contributed by atoms with Gasteiger partial charge in [0.1, 0.15) is 0 Å². The minimum Gasteiger partial charge on any atom is -0.389 e. The topological polar surface area (TPSA) is 41.5 Å². The zero-order valence-electron chi connectivity index (χ0n) is 15.6. The summed E-state index contributed by atoms with van der Waals surface area (Å²) < 4.78 is 6.26. The van der Waals surface area contributed by atoms with E-state index in [1.54, 1.807) is 0 Å². The Morgan fingerprint density at radius 1 is 1.25 bits per heavy atom. The Balaban J connectivity index is 1.47. The fraction of sp³-hybridized carbons (Fsp3) is 0.714. The first-order chi connectivity index (χ1) is 11.3. The van der Waals surface area contributed by atoms with Gasteiger partial charge < -0.3 is 15.2 Å². The predicted molar refractivity (Wildman–Crippen MR) is 97.8 cm³/mol. The number of nitrogens with one attached hydrogen (secondary N) is 1. The first-order valence-electron chi connectivity index (χ1n) is 9.41. The second kappa shape index (κ2) is 6.78. The molecule has 2 aliphatic rings. The first-order valence-corrected chi connectivity index (χ1v) is 9.41. The van der Waals surface area contributed by atoms with Crippen molar-refractivity contribution in [3.8, 4) is 0 Å². The van der Waals surface area contributed by atoms with E-state index in [0.29, 0.717) is 18.6 Å². The van der Waals surface area contributed by atoms with E-state index in [9.17, 15) is 5.11 Å². The fourth-order valence-electron chi connectivity index (χ4n) is 5.11. The second-order valence-corrected chi connectivity index (χ2v) is 8.82. The molecule has 0 saturated heterocycles. The average molecular weight is 332 g/mol. The number of fused-ring (bicyclic) bond motifs is 2. The Labute approximate surface area is 146 Å². The SMILES string of the molecule is C[C@H](NC[C@@H](O)CO[C@@H]1C(C)(C)[C@H]2CC[C@@]1(C)C2)c1ccccc1. The van der Waals surface area contributed by atoms with Gasteiger partial charge in [-0.25, -0.2) is 0 Å². The highest BCUT2D eigenvalue weighted by Gasteiger charge is 2.60. The number of rotatable bonds is 7. The molecule has 1 aromatic rings. The molecule has 3 nitrogen and oxygen atoms in total. The fourth-order valence-corrected chi connectivity index (χ4v) is 5.11. The predicted octanol–water partition coefficient (Wildman–Crippen LogP) is 3.93. The summed E-state index contributed by atoms with van der Waals surface area (Å²) in [5, 5.41) is 13.8. The van der Waals surface area contributed by atoms with Gasteiger partial charge in [-0.05, 0) is 48.5 Å². The molecule has 2 aliphatic carbocycles. The average Bonchev–Trinajstić information content (AvgIpc) is 3.04. The van der Waals surface area contributed by atoms with E-state index in [0.717, 1.165) is 5.92 Å². The normalized spacial score (nSPS) is 33.5. The highest BCUT2D eigenvalue weighted by Crippen LogP contribution is 2.63. The Morgan fingerprint density at radius 3 is 2.58 bits per heavy atom. The second-order valence-electron chi connectivity index (χ2n) is 8.82. The van der Waals surface area contributed by atoms with Crippen molar-refractivity contribution in [1.29, 1.82) is 0 Å². The van der Waals surface area contributed by atoms with Gasteiger partial charge in [0.2, 0.25) is 0 Å². The van der Waals surface area contributed by atoms with Gasteiger partial charge in [0.15, 0.2) is 0 Å². The maximum Gasteiger partial charge on any atom is 0.0898 e. The standard InChI is InChI=1S/C21H33NO2/c1-15(16-8-6-5-7-9-16)22-13-18(23)14-24-19-20(2,3)17-10-11-21(19,4)12-17/h5-9,15,17-19,22-23H,10-14H2,1-4H3/t15-,17-,18+,19+,21-/m0/s1. The third kappa shape index (κ3) is 3.40. The molecule has 0 aliphatic heterocycles. The van der Waals surface area contributed by atoms with E-state index in [1.807, 2.05) is 18.2 Å². The maximum absolute atomic E-state index is 10.3. The summed E-state index contributed by atoms with van der Waals surface area (Å²) in [5.74, 6) is 0.779. The molecule has 0 spiro atoms. The molecule has 2 N–H and O–H groups in total. The Bertz CT molecular complexity index is 539. The van der Waals surface area contributed by atoms with Gasteiger partial charge in [0.25, 0.3) is 0 Å². The van der Waals surface area contributed by atoms with Crippen molar-refractivity contribution in [3.05, 3.63) is 35.9 Å². The number of ether oxygens (including phenoxy) is 1. The van der Waals surface area contributed by atoms with Gasteiger partial charge in [-0.15, -0.1) is 0 Å². The summed E-state index contributed by atoms with van der Waals surface area (Å²) >= 11 is 0. The minimum atomic E-state index is -0.463. The van der Waals surface area contributed by atoms with Crippen molar-refractivity contribution in [2.75, 3.05) is 13.2 Å². The zero-order valence-corrected chi connectivity index (χ0v) is 15.6. The third-order valence-corrected chi connectivity index (χ3v) is 6.55. The number of benzene rings is 1.